The van der Waals surface area contributed by atoms with E-state index in [2.05, 4.69) is 35.8 Å². The summed E-state index contributed by atoms with van der Waals surface area (Å²) < 4.78 is 23.8. The molecule has 0 saturated carbocycles. The Morgan fingerprint density at radius 3 is 2.07 bits per heavy atom. The molecule has 0 aliphatic rings. The van der Waals surface area contributed by atoms with E-state index in [-0.39, 0.29) is 5.91 Å². The van der Waals surface area contributed by atoms with Crippen molar-refractivity contribution in [1.29, 1.82) is 0 Å². The molecule has 0 aliphatic heterocycles. The Labute approximate surface area is 265 Å². The van der Waals surface area contributed by atoms with Gasteiger partial charge in [-0.3, -0.25) is 4.79 Å². The lowest BCUT2D eigenvalue weighted by Gasteiger charge is -2.18. The average Bonchev–Trinajstić information content (AvgIpc) is 3.43. The maximum absolute atomic E-state index is 12.9. The van der Waals surface area contributed by atoms with Crippen molar-refractivity contribution in [1.82, 2.24) is 14.5 Å². The van der Waals surface area contributed by atoms with E-state index in [0.717, 1.165) is 76.3 Å². The van der Waals surface area contributed by atoms with Crippen LogP contribution in [0.15, 0.2) is 71.9 Å². The highest BCUT2D eigenvalue weighted by molar-refractivity contribution is 7.99. The van der Waals surface area contributed by atoms with E-state index in [1.54, 1.807) is 40.2 Å². The van der Waals surface area contributed by atoms with Crippen LogP contribution in [0.4, 0.5) is 0 Å². The van der Waals surface area contributed by atoms with Crippen LogP contribution < -0.4 is 18.9 Å². The van der Waals surface area contributed by atoms with Gasteiger partial charge in [0, 0.05) is 43.4 Å². The van der Waals surface area contributed by atoms with Crippen LogP contribution in [0.5, 0.6) is 23.0 Å². The fourth-order valence-corrected chi connectivity index (χ4v) is 5.97. The van der Waals surface area contributed by atoms with E-state index in [9.17, 15) is 4.79 Å². The van der Waals surface area contributed by atoms with Gasteiger partial charge >= 0.3 is 0 Å². The topological polar surface area (TPSA) is 75.1 Å². The van der Waals surface area contributed by atoms with E-state index in [4.69, 9.17) is 23.9 Å². The van der Waals surface area contributed by atoms with E-state index in [1.807, 2.05) is 54.4 Å². The quantitative estimate of drug-likeness (QED) is 0.0970. The van der Waals surface area contributed by atoms with Crippen LogP contribution in [0.3, 0.4) is 0 Å². The van der Waals surface area contributed by atoms with Crippen molar-refractivity contribution < 1.29 is 23.7 Å². The number of hydrogen-bond donors (Lipinski definition) is 0. The molecule has 0 N–H and O–H groups in total. The fourth-order valence-electron chi connectivity index (χ4n) is 5.00. The summed E-state index contributed by atoms with van der Waals surface area (Å²) in [6.07, 6.45) is 2.96. The molecule has 0 bridgehead atoms. The summed E-state index contributed by atoms with van der Waals surface area (Å²) in [5.74, 6) is 3.95. The Kier molecular flexibility index (Phi) is 12.0. The second-order valence-corrected chi connectivity index (χ2v) is 11.5. The van der Waals surface area contributed by atoms with Crippen LogP contribution in [0.2, 0.25) is 0 Å². The molecule has 0 fully saturated rings. The number of benzene rings is 3. The summed E-state index contributed by atoms with van der Waals surface area (Å²) in [6, 6.07) is 22.0. The molecule has 3 aromatic carbocycles. The highest BCUT2D eigenvalue weighted by atomic mass is 32.2. The van der Waals surface area contributed by atoms with Crippen molar-refractivity contribution in [3.8, 4) is 45.5 Å². The number of carbonyl (C=O) groups excluding carboxylic acids is 1. The van der Waals surface area contributed by atoms with Crippen LogP contribution >= 0.6 is 11.8 Å². The third kappa shape index (κ3) is 8.08. The van der Waals surface area contributed by atoms with Crippen molar-refractivity contribution in [2.45, 2.75) is 44.3 Å². The number of likely N-dealkylation sites (N-methyl/N-ethyl adjacent to an activating group) is 1. The van der Waals surface area contributed by atoms with E-state index >= 15 is 0 Å². The predicted octanol–water partition coefficient (Wildman–Crippen LogP) is 7.23. The maximum atomic E-state index is 12.9. The van der Waals surface area contributed by atoms with Gasteiger partial charge in [-0.1, -0.05) is 24.8 Å². The molecule has 0 unspecified atom stereocenters. The van der Waals surface area contributed by atoms with Gasteiger partial charge in [0.1, 0.15) is 11.5 Å². The first kappa shape index (κ1) is 32.8. The number of methoxy groups -OCH3 is 4. The first-order valence-electron chi connectivity index (χ1n) is 14.9. The number of ether oxygens (including phenoxy) is 4. The lowest BCUT2D eigenvalue weighted by molar-refractivity contribution is -0.129. The van der Waals surface area contributed by atoms with Gasteiger partial charge in [-0.2, -0.15) is 0 Å². The van der Waals surface area contributed by atoms with Crippen LogP contribution in [0.25, 0.3) is 22.5 Å². The minimum atomic E-state index is 0.140. The zero-order valence-corrected chi connectivity index (χ0v) is 27.4. The van der Waals surface area contributed by atoms with Gasteiger partial charge in [0.15, 0.2) is 16.7 Å². The van der Waals surface area contributed by atoms with Crippen molar-refractivity contribution in [2.24, 2.45) is 0 Å². The third-order valence-corrected chi connectivity index (χ3v) is 8.55. The molecular formula is C35H43N3O5S. The van der Waals surface area contributed by atoms with Gasteiger partial charge in [0.25, 0.3) is 0 Å². The molecule has 4 aromatic rings. The van der Waals surface area contributed by atoms with E-state index in [0.29, 0.717) is 24.5 Å². The molecular weight excluding hydrogens is 574 g/mol. The molecule has 0 spiro atoms. The average molecular weight is 618 g/mol. The van der Waals surface area contributed by atoms with E-state index < -0.39 is 0 Å². The molecule has 1 heterocycles. The number of thioether (sulfide) groups is 1. The number of amides is 1. The normalized spacial score (nSPS) is 10.9. The summed E-state index contributed by atoms with van der Waals surface area (Å²) in [5, 5.41) is 0.956. The van der Waals surface area contributed by atoms with Crippen molar-refractivity contribution in [3.05, 3.63) is 72.3 Å². The summed E-state index contributed by atoms with van der Waals surface area (Å²) in [6.45, 7) is 3.65. The number of rotatable bonds is 16. The first-order chi connectivity index (χ1) is 21.4. The fraction of sp³-hybridized carbons (Fsp3) is 0.371. The highest BCUT2D eigenvalue weighted by Gasteiger charge is 2.21. The monoisotopic (exact) mass is 617 g/mol. The van der Waals surface area contributed by atoms with E-state index in [1.165, 1.54) is 0 Å². The number of carbonyl (C=O) groups is 1. The van der Waals surface area contributed by atoms with Crippen LogP contribution in [-0.2, 0) is 17.8 Å². The second kappa shape index (κ2) is 16.1. The SMILES string of the molecule is CCCn1c(SCCCC(=O)N(C)CCc2ccc(OC)c(OC)c2)nc(-c2ccc(OC)cc2)c1-c1ccc(OC)cc1. The smallest absolute Gasteiger partial charge is 0.222 e. The first-order valence-corrected chi connectivity index (χ1v) is 15.9. The molecule has 1 aromatic heterocycles. The molecule has 9 heteroatoms. The number of imidazole rings is 1. The van der Waals surface area contributed by atoms with Gasteiger partial charge in [-0.25, -0.2) is 4.98 Å². The minimum Gasteiger partial charge on any atom is -0.497 e. The number of hydrogen-bond acceptors (Lipinski definition) is 7. The van der Waals surface area contributed by atoms with Gasteiger partial charge in [0.05, 0.1) is 39.8 Å². The van der Waals surface area contributed by atoms with Gasteiger partial charge < -0.3 is 28.4 Å². The highest BCUT2D eigenvalue weighted by Crippen LogP contribution is 2.37. The Morgan fingerprint density at radius 2 is 1.48 bits per heavy atom. The molecule has 4 rings (SSSR count). The Bertz CT molecular complexity index is 1500. The van der Waals surface area contributed by atoms with Gasteiger partial charge in [-0.15, -0.1) is 0 Å². The Hall–Kier alpha value is -4.11. The van der Waals surface area contributed by atoms with Crippen LogP contribution in [0.1, 0.15) is 31.7 Å². The van der Waals surface area contributed by atoms with Gasteiger partial charge in [-0.05, 0) is 85.5 Å². The molecule has 8 nitrogen and oxygen atoms in total. The summed E-state index contributed by atoms with van der Waals surface area (Å²) >= 11 is 1.70. The molecule has 0 aliphatic carbocycles. The van der Waals surface area contributed by atoms with Gasteiger partial charge in [0.2, 0.25) is 5.91 Å². The Balaban J connectivity index is 1.44. The molecule has 0 saturated heterocycles. The maximum Gasteiger partial charge on any atom is 0.222 e. The van der Waals surface area contributed by atoms with Crippen LogP contribution in [-0.4, -0.2) is 68.1 Å². The molecule has 0 radical (unpaired) electrons. The zero-order chi connectivity index (χ0) is 31.5. The summed E-state index contributed by atoms with van der Waals surface area (Å²) in [5.41, 5.74) is 5.21. The second-order valence-electron chi connectivity index (χ2n) is 10.4. The van der Waals surface area contributed by atoms with Crippen molar-refractivity contribution in [3.63, 3.8) is 0 Å². The lowest BCUT2D eigenvalue weighted by Crippen LogP contribution is -2.28. The van der Waals surface area contributed by atoms with Crippen molar-refractivity contribution >= 4 is 17.7 Å². The summed E-state index contributed by atoms with van der Waals surface area (Å²) in [4.78, 5) is 19.9. The molecule has 44 heavy (non-hydrogen) atoms. The summed E-state index contributed by atoms with van der Waals surface area (Å²) in [7, 11) is 8.47. The molecule has 0 atom stereocenters. The lowest BCUT2D eigenvalue weighted by atomic mass is 10.0. The van der Waals surface area contributed by atoms with Crippen LogP contribution in [0, 0.1) is 0 Å². The van der Waals surface area contributed by atoms with Crippen molar-refractivity contribution in [2.75, 3.05) is 47.8 Å². The predicted molar refractivity (Wildman–Crippen MR) is 177 cm³/mol. The zero-order valence-electron chi connectivity index (χ0n) is 26.6. The Morgan fingerprint density at radius 1 is 0.841 bits per heavy atom. The standard InChI is InChI=1S/C35H43N3O5S/c1-7-21-38-34(27-13-17-29(41-4)18-14-27)33(26-11-15-28(40-3)16-12-26)36-35(38)44-23-8-9-32(39)37(2)22-20-25-10-19-30(42-5)31(24-25)43-6/h10-19,24H,7-9,20-23H2,1-6H3. The third-order valence-electron chi connectivity index (χ3n) is 7.48. The number of nitrogens with zero attached hydrogens (tertiary/aromatic N) is 3. The minimum absolute atomic E-state index is 0.140. The molecule has 234 valence electrons. The largest absolute Gasteiger partial charge is 0.497 e. The number of aromatic nitrogens is 2. The molecule has 1 amide bonds.